The summed E-state index contributed by atoms with van der Waals surface area (Å²) in [6, 6.07) is 4.03. The molecule has 2 aromatic rings. The Balaban J connectivity index is 1.53. The molecule has 4 rings (SSSR count). The number of nitrogens with zero attached hydrogens (tertiary/aromatic N) is 2. The first-order valence-corrected chi connectivity index (χ1v) is 14.3. The van der Waals surface area contributed by atoms with Crippen LogP contribution < -0.4 is 10.1 Å². The number of alkyl halides is 3. The van der Waals surface area contributed by atoms with E-state index in [4.69, 9.17) is 16.3 Å². The number of pyridine rings is 1. The molecule has 1 saturated carbocycles. The van der Waals surface area contributed by atoms with E-state index in [0.717, 1.165) is 16.1 Å². The zero-order chi connectivity index (χ0) is 26.7. The highest BCUT2D eigenvalue weighted by Gasteiger charge is 2.72. The Morgan fingerprint density at radius 3 is 2.47 bits per heavy atom. The largest absolute Gasteiger partial charge is 0.495 e. The molecule has 2 heterocycles. The zero-order valence-corrected chi connectivity index (χ0v) is 21.5. The number of methoxy groups -OCH3 is 1. The van der Waals surface area contributed by atoms with Gasteiger partial charge in [-0.15, -0.1) is 0 Å². The van der Waals surface area contributed by atoms with E-state index in [2.05, 4.69) is 10.3 Å². The number of rotatable bonds is 7. The van der Waals surface area contributed by atoms with Crippen molar-refractivity contribution in [3.8, 4) is 5.75 Å². The van der Waals surface area contributed by atoms with E-state index >= 15 is 0 Å². The molecule has 0 saturated heterocycles. The first-order chi connectivity index (χ1) is 16.6. The first-order valence-electron chi connectivity index (χ1n) is 10.6. The van der Waals surface area contributed by atoms with Crippen LogP contribution in [-0.2, 0) is 32.8 Å². The van der Waals surface area contributed by atoms with Gasteiger partial charge in [0.05, 0.1) is 18.1 Å². The third kappa shape index (κ3) is 4.75. The molecule has 8 nitrogen and oxygen atoms in total. The third-order valence-electron chi connectivity index (χ3n) is 6.62. The SMILES string of the molecule is COc1cc2c(cc1Cl)CCN(S(=O)(=O)c1cnc(NC[C@]3(S(C)(=O)=O)C[C@@H]3C(F)(F)F)c(F)c1)C2. The lowest BCUT2D eigenvalue weighted by atomic mass is 10.0. The van der Waals surface area contributed by atoms with E-state index in [9.17, 15) is 34.4 Å². The van der Waals surface area contributed by atoms with Crippen molar-refractivity contribution < 1.29 is 39.1 Å². The quantitative estimate of drug-likeness (QED) is 0.508. The number of benzene rings is 1. The molecular weight excluding hydrogens is 550 g/mol. The molecule has 36 heavy (non-hydrogen) atoms. The van der Waals surface area contributed by atoms with Gasteiger partial charge < -0.3 is 10.1 Å². The zero-order valence-electron chi connectivity index (χ0n) is 19.1. The Morgan fingerprint density at radius 2 is 1.92 bits per heavy atom. The Hall–Kier alpha value is -2.16. The van der Waals surface area contributed by atoms with Crippen LogP contribution in [0.2, 0.25) is 5.02 Å². The number of hydrogen-bond donors (Lipinski definition) is 1. The molecule has 1 N–H and O–H groups in total. The van der Waals surface area contributed by atoms with Crippen LogP contribution >= 0.6 is 11.6 Å². The number of ether oxygens (including phenoxy) is 1. The molecule has 0 bridgehead atoms. The van der Waals surface area contributed by atoms with Crippen LogP contribution in [-0.4, -0.2) is 63.5 Å². The van der Waals surface area contributed by atoms with Crippen molar-refractivity contribution in [1.29, 1.82) is 0 Å². The molecule has 1 aromatic carbocycles. The number of nitrogens with one attached hydrogen (secondary N) is 1. The van der Waals surface area contributed by atoms with Gasteiger partial charge in [0.15, 0.2) is 21.5 Å². The van der Waals surface area contributed by atoms with Crippen LogP contribution in [0.25, 0.3) is 0 Å². The Kier molecular flexibility index (Phi) is 6.72. The minimum atomic E-state index is -4.73. The van der Waals surface area contributed by atoms with E-state index in [1.54, 1.807) is 12.1 Å². The van der Waals surface area contributed by atoms with Crippen molar-refractivity contribution in [2.75, 3.05) is 31.8 Å². The summed E-state index contributed by atoms with van der Waals surface area (Å²) >= 11 is 6.13. The van der Waals surface area contributed by atoms with Crippen LogP contribution in [0.5, 0.6) is 5.75 Å². The summed E-state index contributed by atoms with van der Waals surface area (Å²) in [6.45, 7) is -0.628. The van der Waals surface area contributed by atoms with Gasteiger partial charge in [-0.1, -0.05) is 11.6 Å². The van der Waals surface area contributed by atoms with Gasteiger partial charge in [0, 0.05) is 32.1 Å². The molecule has 0 unspecified atom stereocenters. The average molecular weight is 572 g/mol. The first kappa shape index (κ1) is 26.9. The van der Waals surface area contributed by atoms with Crippen LogP contribution in [0.3, 0.4) is 0 Å². The lowest BCUT2D eigenvalue weighted by Gasteiger charge is -2.28. The molecule has 15 heteroatoms. The van der Waals surface area contributed by atoms with Gasteiger partial charge in [0.2, 0.25) is 10.0 Å². The highest BCUT2D eigenvalue weighted by Crippen LogP contribution is 2.57. The van der Waals surface area contributed by atoms with Crippen LogP contribution in [0.1, 0.15) is 17.5 Å². The predicted molar refractivity (Wildman–Crippen MR) is 124 cm³/mol. The fourth-order valence-corrected chi connectivity index (χ4v) is 7.50. The summed E-state index contributed by atoms with van der Waals surface area (Å²) < 4.78 is 109. The van der Waals surface area contributed by atoms with Crippen molar-refractivity contribution in [2.24, 2.45) is 5.92 Å². The molecule has 0 amide bonds. The van der Waals surface area contributed by atoms with Crippen molar-refractivity contribution in [2.45, 2.75) is 35.2 Å². The highest BCUT2D eigenvalue weighted by atomic mass is 35.5. The van der Waals surface area contributed by atoms with Gasteiger partial charge in [0.25, 0.3) is 0 Å². The highest BCUT2D eigenvalue weighted by molar-refractivity contribution is 7.92. The topological polar surface area (TPSA) is 106 Å². The number of anilines is 1. The molecule has 1 aliphatic carbocycles. The Bertz CT molecular complexity index is 1420. The van der Waals surface area contributed by atoms with Crippen molar-refractivity contribution in [3.63, 3.8) is 0 Å². The molecule has 1 aliphatic heterocycles. The normalized spacial score (nSPS) is 22.7. The second-order valence-corrected chi connectivity index (χ2v) is 13.5. The second kappa shape index (κ2) is 8.99. The number of halogens is 5. The maximum absolute atomic E-state index is 14.7. The number of sulfone groups is 1. The number of aromatic nitrogens is 1. The minimum Gasteiger partial charge on any atom is -0.495 e. The van der Waals surface area contributed by atoms with E-state index in [0.29, 0.717) is 35.1 Å². The van der Waals surface area contributed by atoms with Crippen molar-refractivity contribution in [1.82, 2.24) is 9.29 Å². The standard InChI is InChI=1S/C21H22ClF4N3O5S2/c1-34-17-6-13-10-29(4-3-12(13)5-15(17)22)36(32,33)14-7-16(23)19(27-9-14)28-11-20(35(2,30)31)8-18(20)21(24,25)26/h5-7,9,18H,3-4,8,10-11H2,1-2H3,(H,27,28)/t18-,20+/m0/s1. The molecule has 2 aliphatic rings. The molecule has 1 aromatic heterocycles. The van der Waals surface area contributed by atoms with E-state index < -0.39 is 66.2 Å². The molecular formula is C21H22ClF4N3O5S2. The number of hydrogen-bond acceptors (Lipinski definition) is 7. The summed E-state index contributed by atoms with van der Waals surface area (Å²) in [7, 11) is -6.88. The summed E-state index contributed by atoms with van der Waals surface area (Å²) in [5.41, 5.74) is 1.53. The summed E-state index contributed by atoms with van der Waals surface area (Å²) in [5.74, 6) is -3.39. The summed E-state index contributed by atoms with van der Waals surface area (Å²) in [4.78, 5) is 3.27. The van der Waals surface area contributed by atoms with Crippen LogP contribution in [0.4, 0.5) is 23.4 Å². The van der Waals surface area contributed by atoms with E-state index in [1.165, 1.54) is 7.11 Å². The van der Waals surface area contributed by atoms with E-state index in [-0.39, 0.29) is 13.1 Å². The van der Waals surface area contributed by atoms with Gasteiger partial charge in [-0.3, -0.25) is 0 Å². The van der Waals surface area contributed by atoms with Crippen molar-refractivity contribution in [3.05, 3.63) is 46.4 Å². The van der Waals surface area contributed by atoms with Gasteiger partial charge in [0.1, 0.15) is 15.4 Å². The predicted octanol–water partition coefficient (Wildman–Crippen LogP) is 3.41. The minimum absolute atomic E-state index is 0.0114. The molecule has 1 fully saturated rings. The van der Waals surface area contributed by atoms with Crippen molar-refractivity contribution >= 4 is 37.3 Å². The lowest BCUT2D eigenvalue weighted by molar-refractivity contribution is -0.149. The smallest absolute Gasteiger partial charge is 0.393 e. The number of fused-ring (bicyclic) bond motifs is 1. The number of sulfonamides is 1. The van der Waals surface area contributed by atoms with Crippen LogP contribution in [0.15, 0.2) is 29.3 Å². The maximum Gasteiger partial charge on any atom is 0.393 e. The monoisotopic (exact) mass is 571 g/mol. The average Bonchev–Trinajstić information content (AvgIpc) is 3.54. The Labute approximate surface area is 210 Å². The molecule has 0 spiro atoms. The third-order valence-corrected chi connectivity index (χ3v) is 10.8. The second-order valence-electron chi connectivity index (χ2n) is 8.83. The fraction of sp³-hybridized carbons (Fsp3) is 0.476. The lowest BCUT2D eigenvalue weighted by Crippen LogP contribution is -2.37. The van der Waals surface area contributed by atoms with E-state index in [1.807, 2.05) is 0 Å². The van der Waals surface area contributed by atoms with Gasteiger partial charge in [-0.2, -0.15) is 17.5 Å². The van der Waals surface area contributed by atoms with Gasteiger partial charge in [-0.25, -0.2) is 26.2 Å². The van der Waals surface area contributed by atoms with Crippen LogP contribution in [0, 0.1) is 11.7 Å². The Morgan fingerprint density at radius 1 is 1.22 bits per heavy atom. The van der Waals surface area contributed by atoms with Gasteiger partial charge >= 0.3 is 6.18 Å². The molecule has 0 radical (unpaired) electrons. The molecule has 198 valence electrons. The molecule has 2 atom stereocenters. The maximum atomic E-state index is 14.7. The summed E-state index contributed by atoms with van der Waals surface area (Å²) in [6.07, 6.45) is -3.44. The van der Waals surface area contributed by atoms with Gasteiger partial charge in [-0.05, 0) is 42.2 Å². The fourth-order valence-electron chi connectivity index (χ4n) is 4.40. The summed E-state index contributed by atoms with van der Waals surface area (Å²) in [5, 5.41) is 2.71.